The van der Waals surface area contributed by atoms with Crippen molar-refractivity contribution >= 4 is 11.3 Å². The quantitative estimate of drug-likeness (QED) is 0.878. The summed E-state index contributed by atoms with van der Waals surface area (Å²) in [7, 11) is 0. The molecule has 4 nitrogen and oxygen atoms in total. The van der Waals surface area contributed by atoms with Gasteiger partial charge in [0.2, 0.25) is 5.88 Å². The first kappa shape index (κ1) is 12.6. The van der Waals surface area contributed by atoms with Crippen LogP contribution in [-0.4, -0.2) is 39.9 Å². The highest BCUT2D eigenvalue weighted by molar-refractivity contribution is 7.07. The van der Waals surface area contributed by atoms with Gasteiger partial charge in [-0.1, -0.05) is 11.3 Å². The van der Waals surface area contributed by atoms with Crippen LogP contribution >= 0.6 is 11.3 Å². The van der Waals surface area contributed by atoms with Crippen LogP contribution in [0.1, 0.15) is 26.3 Å². The van der Waals surface area contributed by atoms with E-state index in [1.54, 1.807) is 0 Å². The molecule has 6 heteroatoms. The Morgan fingerprint density at radius 3 is 2.76 bits per heavy atom. The van der Waals surface area contributed by atoms with Gasteiger partial charge in [0.15, 0.2) is 0 Å². The third kappa shape index (κ3) is 2.37. The molecule has 1 aromatic rings. The molecule has 0 aromatic carbocycles. The third-order valence-corrected chi connectivity index (χ3v) is 4.04. The molecule has 1 saturated heterocycles. The number of piperidine rings is 1. The molecule has 0 radical (unpaired) electrons. The third-order valence-electron chi connectivity index (χ3n) is 3.31. The molecule has 0 saturated carbocycles. The molecule has 2 rings (SSSR count). The van der Waals surface area contributed by atoms with Crippen LogP contribution in [0.3, 0.4) is 0 Å². The standard InChI is InChI=1S/C11H17FN2O2S/c1-7(2)13-4-3-9(8(12)5-13)14-10(15)6-17-11(14)16/h6-9,15H,3-5H2,1-2H3. The van der Waals surface area contributed by atoms with Gasteiger partial charge in [0.1, 0.15) is 6.17 Å². The van der Waals surface area contributed by atoms with E-state index in [2.05, 4.69) is 4.90 Å². The van der Waals surface area contributed by atoms with Crippen molar-refractivity contribution in [1.29, 1.82) is 0 Å². The van der Waals surface area contributed by atoms with Crippen molar-refractivity contribution in [2.24, 2.45) is 0 Å². The van der Waals surface area contributed by atoms with E-state index >= 15 is 0 Å². The number of hydrogen-bond donors (Lipinski definition) is 1. The molecule has 1 fully saturated rings. The highest BCUT2D eigenvalue weighted by Crippen LogP contribution is 2.29. The molecular formula is C11H17FN2O2S. The van der Waals surface area contributed by atoms with Gasteiger partial charge in [-0.25, -0.2) is 4.39 Å². The summed E-state index contributed by atoms with van der Waals surface area (Å²) in [6.07, 6.45) is -0.548. The van der Waals surface area contributed by atoms with Crippen LogP contribution in [0.25, 0.3) is 0 Å². The van der Waals surface area contributed by atoms with Crippen molar-refractivity contribution < 1.29 is 9.50 Å². The Morgan fingerprint density at radius 1 is 1.59 bits per heavy atom. The fourth-order valence-corrected chi connectivity index (χ4v) is 2.95. The summed E-state index contributed by atoms with van der Waals surface area (Å²) in [6.45, 7) is 5.14. The fourth-order valence-electron chi connectivity index (χ4n) is 2.29. The van der Waals surface area contributed by atoms with Gasteiger partial charge in [-0.05, 0) is 20.3 Å². The minimum atomic E-state index is -1.11. The first-order valence-corrected chi connectivity index (χ1v) is 6.65. The monoisotopic (exact) mass is 260 g/mol. The van der Waals surface area contributed by atoms with E-state index in [0.29, 0.717) is 19.0 Å². The molecule has 96 valence electrons. The van der Waals surface area contributed by atoms with E-state index in [0.717, 1.165) is 17.9 Å². The Balaban J connectivity index is 2.18. The maximum Gasteiger partial charge on any atom is 0.310 e. The van der Waals surface area contributed by atoms with E-state index in [4.69, 9.17) is 0 Å². The van der Waals surface area contributed by atoms with Gasteiger partial charge >= 0.3 is 4.87 Å². The van der Waals surface area contributed by atoms with E-state index in [9.17, 15) is 14.3 Å². The zero-order valence-electron chi connectivity index (χ0n) is 9.97. The number of alkyl halides is 1. The molecule has 1 aliphatic rings. The normalized spacial score (nSPS) is 26.6. The molecule has 0 aliphatic carbocycles. The Morgan fingerprint density at radius 2 is 2.29 bits per heavy atom. The summed E-state index contributed by atoms with van der Waals surface area (Å²) >= 11 is 0.911. The summed E-state index contributed by atoms with van der Waals surface area (Å²) in [5, 5.41) is 10.9. The smallest absolute Gasteiger partial charge is 0.310 e. The molecule has 1 aliphatic heterocycles. The van der Waals surface area contributed by atoms with Crippen LogP contribution in [0, 0.1) is 0 Å². The lowest BCUT2D eigenvalue weighted by Gasteiger charge is -2.37. The summed E-state index contributed by atoms with van der Waals surface area (Å²) in [5.74, 6) is -0.120. The lowest BCUT2D eigenvalue weighted by molar-refractivity contribution is 0.0662. The molecule has 0 amide bonds. The van der Waals surface area contributed by atoms with Crippen LogP contribution in [0.5, 0.6) is 5.88 Å². The topological polar surface area (TPSA) is 45.5 Å². The van der Waals surface area contributed by atoms with E-state index in [1.165, 1.54) is 9.95 Å². The zero-order chi connectivity index (χ0) is 12.6. The summed E-state index contributed by atoms with van der Waals surface area (Å²) in [6, 6.07) is -0.217. The van der Waals surface area contributed by atoms with Crippen molar-refractivity contribution in [3.05, 3.63) is 15.0 Å². The van der Waals surface area contributed by atoms with Gasteiger partial charge in [-0.3, -0.25) is 14.3 Å². The average Bonchev–Trinajstić information content (AvgIpc) is 2.59. The SMILES string of the molecule is CC(C)N1CCC(n2c(O)csc2=O)C(F)C1. The summed E-state index contributed by atoms with van der Waals surface area (Å²) < 4.78 is 15.3. The van der Waals surface area contributed by atoms with Crippen molar-refractivity contribution in [2.45, 2.75) is 38.5 Å². The second kappa shape index (κ2) is 4.78. The largest absolute Gasteiger partial charge is 0.494 e. The van der Waals surface area contributed by atoms with Gasteiger partial charge in [-0.2, -0.15) is 0 Å². The van der Waals surface area contributed by atoms with Gasteiger partial charge < -0.3 is 5.11 Å². The highest BCUT2D eigenvalue weighted by Gasteiger charge is 2.33. The number of aromatic hydroxyl groups is 1. The second-order valence-electron chi connectivity index (χ2n) is 4.69. The number of rotatable bonds is 2. The lowest BCUT2D eigenvalue weighted by Crippen LogP contribution is -2.46. The predicted molar refractivity (Wildman–Crippen MR) is 65.5 cm³/mol. The number of halogens is 1. The van der Waals surface area contributed by atoms with Crippen molar-refractivity contribution in [1.82, 2.24) is 9.47 Å². The maximum atomic E-state index is 14.1. The van der Waals surface area contributed by atoms with Gasteiger partial charge in [0, 0.05) is 19.1 Å². The number of aromatic nitrogens is 1. The van der Waals surface area contributed by atoms with Crippen molar-refractivity contribution in [3.8, 4) is 5.88 Å². The predicted octanol–water partition coefficient (Wildman–Crippen LogP) is 1.61. The minimum Gasteiger partial charge on any atom is -0.494 e. The van der Waals surface area contributed by atoms with E-state index in [1.807, 2.05) is 13.8 Å². The fraction of sp³-hybridized carbons (Fsp3) is 0.727. The summed E-state index contributed by atoms with van der Waals surface area (Å²) in [4.78, 5) is 13.3. The van der Waals surface area contributed by atoms with Crippen LogP contribution in [0.2, 0.25) is 0 Å². The van der Waals surface area contributed by atoms with Crippen molar-refractivity contribution in [2.75, 3.05) is 13.1 Å². The molecule has 0 bridgehead atoms. The molecule has 17 heavy (non-hydrogen) atoms. The number of hydrogen-bond acceptors (Lipinski definition) is 4. The Kier molecular flexibility index (Phi) is 3.53. The molecule has 2 heterocycles. The molecule has 2 atom stereocenters. The summed E-state index contributed by atoms with van der Waals surface area (Å²) in [5.41, 5.74) is 0. The van der Waals surface area contributed by atoms with Crippen molar-refractivity contribution in [3.63, 3.8) is 0 Å². The first-order chi connectivity index (χ1) is 8.00. The van der Waals surface area contributed by atoms with E-state index < -0.39 is 12.2 Å². The minimum absolute atomic E-state index is 0.120. The second-order valence-corrected chi connectivity index (χ2v) is 5.51. The molecular weight excluding hydrogens is 243 g/mol. The molecule has 0 spiro atoms. The first-order valence-electron chi connectivity index (χ1n) is 5.78. The molecule has 1 aromatic heterocycles. The molecule has 1 N–H and O–H groups in total. The van der Waals surface area contributed by atoms with Gasteiger partial charge in [0.05, 0.1) is 11.4 Å². The number of likely N-dealkylation sites (tertiary alicyclic amines) is 1. The van der Waals surface area contributed by atoms with E-state index in [-0.39, 0.29) is 10.8 Å². The van der Waals surface area contributed by atoms with Crippen LogP contribution in [0.15, 0.2) is 10.2 Å². The maximum absolute atomic E-state index is 14.1. The Labute approximate surface area is 103 Å². The van der Waals surface area contributed by atoms with Crippen LogP contribution in [-0.2, 0) is 0 Å². The van der Waals surface area contributed by atoms with Crippen LogP contribution in [0.4, 0.5) is 4.39 Å². The highest BCUT2D eigenvalue weighted by atomic mass is 32.1. The Hall–Kier alpha value is -0.880. The average molecular weight is 260 g/mol. The molecule has 2 unspecified atom stereocenters. The number of nitrogens with zero attached hydrogens (tertiary/aromatic N) is 2. The number of thiazole rings is 1. The zero-order valence-corrected chi connectivity index (χ0v) is 10.8. The lowest BCUT2D eigenvalue weighted by atomic mass is 10.0. The Bertz CT molecular complexity index is 443. The van der Waals surface area contributed by atoms with Crippen LogP contribution < -0.4 is 4.87 Å². The van der Waals surface area contributed by atoms with Gasteiger partial charge in [-0.15, -0.1) is 0 Å². The van der Waals surface area contributed by atoms with Gasteiger partial charge in [0.25, 0.3) is 0 Å².